The molecule has 90 valence electrons. The zero-order chi connectivity index (χ0) is 12.0. The van der Waals surface area contributed by atoms with Gasteiger partial charge in [0.15, 0.2) is 0 Å². The maximum absolute atomic E-state index is 13.3. The van der Waals surface area contributed by atoms with Crippen LogP contribution in [0, 0.1) is 18.6 Å². The van der Waals surface area contributed by atoms with Crippen molar-refractivity contribution in [3.63, 3.8) is 0 Å². The van der Waals surface area contributed by atoms with E-state index in [1.165, 1.54) is 0 Å². The first kappa shape index (κ1) is 13.1. The summed E-state index contributed by atoms with van der Waals surface area (Å²) in [5, 5.41) is 6.25. The van der Waals surface area contributed by atoms with Gasteiger partial charge in [0.1, 0.15) is 11.6 Å². The van der Waals surface area contributed by atoms with E-state index >= 15 is 0 Å². The molecule has 0 heterocycles. The highest BCUT2D eigenvalue weighted by atomic mass is 19.1. The minimum Gasteiger partial charge on any atom is -0.316 e. The van der Waals surface area contributed by atoms with E-state index in [2.05, 4.69) is 10.6 Å². The molecule has 1 rings (SSSR count). The van der Waals surface area contributed by atoms with E-state index in [1.807, 2.05) is 6.92 Å². The molecule has 2 nitrogen and oxygen atoms in total. The highest BCUT2D eigenvalue weighted by molar-refractivity contribution is 5.25. The SMILES string of the molecule is CCNCCNCc1cc(C)c(F)cc1F. The standard InChI is InChI=1S/C12H18F2N2/c1-3-15-4-5-16-8-10-6-9(2)11(13)7-12(10)14/h6-7,15-16H,3-5,8H2,1-2H3. The lowest BCUT2D eigenvalue weighted by atomic mass is 10.1. The van der Waals surface area contributed by atoms with Crippen molar-refractivity contribution in [3.8, 4) is 0 Å². The second-order valence-electron chi connectivity index (χ2n) is 3.72. The van der Waals surface area contributed by atoms with Crippen molar-refractivity contribution in [2.45, 2.75) is 20.4 Å². The Hall–Kier alpha value is -1.00. The van der Waals surface area contributed by atoms with Gasteiger partial charge in [0.25, 0.3) is 0 Å². The Morgan fingerprint density at radius 3 is 2.44 bits per heavy atom. The second kappa shape index (κ2) is 6.55. The number of benzene rings is 1. The topological polar surface area (TPSA) is 24.1 Å². The first-order valence-corrected chi connectivity index (χ1v) is 5.51. The third-order valence-corrected chi connectivity index (χ3v) is 2.37. The summed E-state index contributed by atoms with van der Waals surface area (Å²) in [5.74, 6) is -0.979. The molecule has 0 unspecified atom stereocenters. The van der Waals surface area contributed by atoms with Crippen LogP contribution in [0.15, 0.2) is 12.1 Å². The maximum Gasteiger partial charge on any atom is 0.130 e. The van der Waals surface area contributed by atoms with Crippen molar-refractivity contribution in [1.82, 2.24) is 10.6 Å². The van der Waals surface area contributed by atoms with Crippen molar-refractivity contribution in [2.75, 3.05) is 19.6 Å². The van der Waals surface area contributed by atoms with Crippen molar-refractivity contribution >= 4 is 0 Å². The van der Waals surface area contributed by atoms with E-state index in [0.717, 1.165) is 25.7 Å². The third-order valence-electron chi connectivity index (χ3n) is 2.37. The van der Waals surface area contributed by atoms with Crippen LogP contribution in [-0.2, 0) is 6.54 Å². The number of rotatable bonds is 6. The molecule has 16 heavy (non-hydrogen) atoms. The number of halogens is 2. The van der Waals surface area contributed by atoms with Crippen LogP contribution in [0.25, 0.3) is 0 Å². The molecule has 0 saturated carbocycles. The van der Waals surface area contributed by atoms with Crippen molar-refractivity contribution in [3.05, 3.63) is 34.9 Å². The predicted octanol–water partition coefficient (Wildman–Crippen LogP) is 1.97. The molecule has 1 aromatic rings. The minimum atomic E-state index is -0.492. The maximum atomic E-state index is 13.3. The molecular weight excluding hydrogens is 210 g/mol. The Morgan fingerprint density at radius 1 is 1.06 bits per heavy atom. The van der Waals surface area contributed by atoms with E-state index in [0.29, 0.717) is 17.7 Å². The quantitative estimate of drug-likeness (QED) is 0.727. The van der Waals surface area contributed by atoms with Crippen LogP contribution in [0.3, 0.4) is 0 Å². The Balaban J connectivity index is 2.45. The summed E-state index contributed by atoms with van der Waals surface area (Å²) in [6.45, 7) is 6.63. The molecule has 0 amide bonds. The predicted molar refractivity (Wildman–Crippen MR) is 61.3 cm³/mol. The van der Waals surface area contributed by atoms with Gasteiger partial charge in [-0.1, -0.05) is 6.92 Å². The fourth-order valence-electron chi connectivity index (χ4n) is 1.43. The van der Waals surface area contributed by atoms with Gasteiger partial charge in [0.05, 0.1) is 0 Å². The largest absolute Gasteiger partial charge is 0.316 e. The summed E-state index contributed by atoms with van der Waals surface area (Å²) in [6, 6.07) is 2.49. The smallest absolute Gasteiger partial charge is 0.130 e. The number of aryl methyl sites for hydroxylation is 1. The van der Waals surface area contributed by atoms with Crippen LogP contribution in [0.1, 0.15) is 18.1 Å². The molecule has 0 bridgehead atoms. The van der Waals surface area contributed by atoms with Crippen LogP contribution in [0.2, 0.25) is 0 Å². The summed E-state index contributed by atoms with van der Waals surface area (Å²) < 4.78 is 26.3. The van der Waals surface area contributed by atoms with Gasteiger partial charge >= 0.3 is 0 Å². The molecule has 0 aromatic heterocycles. The molecule has 0 fully saturated rings. The Labute approximate surface area is 95.1 Å². The first-order chi connectivity index (χ1) is 7.65. The van der Waals surface area contributed by atoms with Gasteiger partial charge in [-0.2, -0.15) is 0 Å². The van der Waals surface area contributed by atoms with Crippen molar-refractivity contribution in [2.24, 2.45) is 0 Å². The van der Waals surface area contributed by atoms with E-state index in [1.54, 1.807) is 13.0 Å². The lowest BCUT2D eigenvalue weighted by Gasteiger charge is -2.07. The molecule has 0 aliphatic rings. The molecule has 0 atom stereocenters. The van der Waals surface area contributed by atoms with Gasteiger partial charge in [0.2, 0.25) is 0 Å². The Morgan fingerprint density at radius 2 is 1.75 bits per heavy atom. The fraction of sp³-hybridized carbons (Fsp3) is 0.500. The molecule has 0 saturated heterocycles. The van der Waals surface area contributed by atoms with Gasteiger partial charge in [0, 0.05) is 31.3 Å². The number of nitrogens with one attached hydrogen (secondary N) is 2. The zero-order valence-electron chi connectivity index (χ0n) is 9.74. The zero-order valence-corrected chi connectivity index (χ0v) is 9.74. The van der Waals surface area contributed by atoms with Crippen LogP contribution >= 0.6 is 0 Å². The number of likely N-dealkylation sites (N-methyl/N-ethyl adjacent to an activating group) is 1. The van der Waals surface area contributed by atoms with Gasteiger partial charge in [-0.05, 0) is 25.1 Å². The van der Waals surface area contributed by atoms with Gasteiger partial charge in [-0.25, -0.2) is 8.78 Å². The fourth-order valence-corrected chi connectivity index (χ4v) is 1.43. The lowest BCUT2D eigenvalue weighted by molar-refractivity contribution is 0.552. The molecule has 4 heteroatoms. The highest BCUT2D eigenvalue weighted by Crippen LogP contribution is 2.13. The van der Waals surface area contributed by atoms with E-state index in [-0.39, 0.29) is 0 Å². The molecule has 1 aromatic carbocycles. The minimum absolute atomic E-state index is 0.429. The lowest BCUT2D eigenvalue weighted by Crippen LogP contribution is -2.27. The average Bonchev–Trinajstić information content (AvgIpc) is 2.25. The summed E-state index contributed by atoms with van der Waals surface area (Å²) >= 11 is 0. The summed E-state index contributed by atoms with van der Waals surface area (Å²) in [5.41, 5.74) is 0.986. The van der Waals surface area contributed by atoms with Gasteiger partial charge < -0.3 is 10.6 Å². The number of hydrogen-bond donors (Lipinski definition) is 2. The average molecular weight is 228 g/mol. The van der Waals surface area contributed by atoms with Crippen LogP contribution < -0.4 is 10.6 Å². The number of hydrogen-bond acceptors (Lipinski definition) is 2. The second-order valence-corrected chi connectivity index (χ2v) is 3.72. The normalized spacial score (nSPS) is 10.8. The molecule has 0 aliphatic carbocycles. The first-order valence-electron chi connectivity index (χ1n) is 5.51. The van der Waals surface area contributed by atoms with Crippen LogP contribution in [0.5, 0.6) is 0 Å². The van der Waals surface area contributed by atoms with Crippen molar-refractivity contribution in [1.29, 1.82) is 0 Å². The molecule has 0 radical (unpaired) electrons. The molecule has 0 spiro atoms. The Bertz CT molecular complexity index is 340. The highest BCUT2D eigenvalue weighted by Gasteiger charge is 2.06. The third kappa shape index (κ3) is 3.87. The van der Waals surface area contributed by atoms with E-state index in [9.17, 15) is 8.78 Å². The molecule has 0 aliphatic heterocycles. The summed E-state index contributed by atoms with van der Waals surface area (Å²) in [6.07, 6.45) is 0. The Kier molecular flexibility index (Phi) is 5.35. The monoisotopic (exact) mass is 228 g/mol. The van der Waals surface area contributed by atoms with E-state index < -0.39 is 11.6 Å². The summed E-state index contributed by atoms with van der Waals surface area (Å²) in [7, 11) is 0. The van der Waals surface area contributed by atoms with Gasteiger partial charge in [-0.3, -0.25) is 0 Å². The van der Waals surface area contributed by atoms with Crippen LogP contribution in [0.4, 0.5) is 8.78 Å². The van der Waals surface area contributed by atoms with Crippen molar-refractivity contribution < 1.29 is 8.78 Å². The molecule has 2 N–H and O–H groups in total. The van der Waals surface area contributed by atoms with Crippen LogP contribution in [-0.4, -0.2) is 19.6 Å². The van der Waals surface area contributed by atoms with E-state index in [4.69, 9.17) is 0 Å². The van der Waals surface area contributed by atoms with Gasteiger partial charge in [-0.15, -0.1) is 0 Å². The summed E-state index contributed by atoms with van der Waals surface area (Å²) in [4.78, 5) is 0. The molecular formula is C12H18F2N2.